The van der Waals surface area contributed by atoms with Gasteiger partial charge in [-0.05, 0) is 89.5 Å². The lowest BCUT2D eigenvalue weighted by Crippen LogP contribution is -1.92. The minimum Gasteiger partial charge on any atom is -0.0616 e. The van der Waals surface area contributed by atoms with E-state index < -0.39 is 0 Å². The van der Waals surface area contributed by atoms with Crippen molar-refractivity contribution < 1.29 is 0 Å². The highest BCUT2D eigenvalue weighted by molar-refractivity contribution is 6.23. The molecule has 0 unspecified atom stereocenters. The Hall–Kier alpha value is -5.20. The minimum absolute atomic E-state index is 1.23. The second-order valence-electron chi connectivity index (χ2n) is 11.0. The molecule has 0 saturated heterocycles. The maximum absolute atomic E-state index is 2.36. The standard InChI is InChI=1S/C41H28/c1-27-17-24-38-39(25-27)40(31-21-18-29(19-22-31)33-23-20-28-9-2-3-11-32(28)26-33)36-14-6-7-15-37(36)41(38)35-16-8-12-30-10-4-5-13-34(30)35/h2-26H,1H3. The Bertz CT molecular complexity index is 2250. The zero-order chi connectivity index (χ0) is 27.3. The van der Waals surface area contributed by atoms with Crippen LogP contribution in [0.15, 0.2) is 152 Å². The van der Waals surface area contributed by atoms with E-state index in [1.54, 1.807) is 0 Å². The van der Waals surface area contributed by atoms with Crippen LogP contribution in [0.4, 0.5) is 0 Å². The van der Waals surface area contributed by atoms with Gasteiger partial charge in [0, 0.05) is 0 Å². The second kappa shape index (κ2) is 9.47. The fourth-order valence-electron chi connectivity index (χ4n) is 6.54. The van der Waals surface area contributed by atoms with Gasteiger partial charge in [-0.15, -0.1) is 0 Å². The van der Waals surface area contributed by atoms with Crippen molar-refractivity contribution in [1.82, 2.24) is 0 Å². The molecule has 0 bridgehead atoms. The summed E-state index contributed by atoms with van der Waals surface area (Å²) in [6.07, 6.45) is 0. The first-order valence-electron chi connectivity index (χ1n) is 14.3. The first-order chi connectivity index (χ1) is 20.2. The minimum atomic E-state index is 1.23. The summed E-state index contributed by atoms with van der Waals surface area (Å²) in [5.74, 6) is 0. The first kappa shape index (κ1) is 23.7. The Morgan fingerprint density at radius 2 is 0.902 bits per heavy atom. The molecule has 0 saturated carbocycles. The fourth-order valence-corrected chi connectivity index (χ4v) is 6.54. The Kier molecular flexibility index (Phi) is 5.47. The number of hydrogen-bond acceptors (Lipinski definition) is 0. The number of fused-ring (bicyclic) bond motifs is 4. The molecule has 8 aromatic rings. The molecule has 0 N–H and O–H groups in total. The number of hydrogen-bond donors (Lipinski definition) is 0. The van der Waals surface area contributed by atoms with Crippen LogP contribution in [0.3, 0.4) is 0 Å². The van der Waals surface area contributed by atoms with E-state index in [0.29, 0.717) is 0 Å². The molecule has 0 aliphatic rings. The van der Waals surface area contributed by atoms with Gasteiger partial charge in [0.1, 0.15) is 0 Å². The van der Waals surface area contributed by atoms with Crippen molar-refractivity contribution in [3.63, 3.8) is 0 Å². The third-order valence-corrected chi connectivity index (χ3v) is 8.49. The maximum atomic E-state index is 2.36. The molecule has 0 aromatic heterocycles. The highest BCUT2D eigenvalue weighted by atomic mass is 14.2. The summed E-state index contributed by atoms with van der Waals surface area (Å²) in [5, 5.41) is 10.3. The van der Waals surface area contributed by atoms with Crippen LogP contribution in [0.2, 0.25) is 0 Å². The van der Waals surface area contributed by atoms with Gasteiger partial charge in [-0.25, -0.2) is 0 Å². The Labute approximate surface area is 240 Å². The van der Waals surface area contributed by atoms with Crippen molar-refractivity contribution >= 4 is 43.1 Å². The average molecular weight is 521 g/mol. The van der Waals surface area contributed by atoms with Gasteiger partial charge in [-0.2, -0.15) is 0 Å². The molecule has 0 heteroatoms. The van der Waals surface area contributed by atoms with Crippen molar-refractivity contribution in [3.05, 3.63) is 157 Å². The number of aryl methyl sites for hydroxylation is 1. The maximum Gasteiger partial charge on any atom is -0.00201 e. The summed E-state index contributed by atoms with van der Waals surface area (Å²) in [4.78, 5) is 0. The third kappa shape index (κ3) is 3.91. The predicted octanol–water partition coefficient (Wildman–Crippen LogP) is 11.6. The average Bonchev–Trinajstić information content (AvgIpc) is 3.03. The molecule has 8 aromatic carbocycles. The van der Waals surface area contributed by atoms with Crippen molar-refractivity contribution in [1.29, 1.82) is 0 Å². The van der Waals surface area contributed by atoms with E-state index in [-0.39, 0.29) is 0 Å². The van der Waals surface area contributed by atoms with Gasteiger partial charge in [0.05, 0.1) is 0 Å². The van der Waals surface area contributed by atoms with Crippen LogP contribution in [0.1, 0.15) is 5.56 Å². The van der Waals surface area contributed by atoms with Gasteiger partial charge in [0.25, 0.3) is 0 Å². The molecule has 41 heavy (non-hydrogen) atoms. The Morgan fingerprint density at radius 1 is 0.317 bits per heavy atom. The SMILES string of the molecule is Cc1ccc2c(-c3cccc4ccccc34)c3ccccc3c(-c3ccc(-c4ccc5ccccc5c4)cc3)c2c1. The fraction of sp³-hybridized carbons (Fsp3) is 0.0244. The van der Waals surface area contributed by atoms with Crippen LogP contribution < -0.4 is 0 Å². The second-order valence-corrected chi connectivity index (χ2v) is 11.0. The van der Waals surface area contributed by atoms with Gasteiger partial charge >= 0.3 is 0 Å². The molecule has 8 rings (SSSR count). The van der Waals surface area contributed by atoms with E-state index in [1.165, 1.54) is 82.0 Å². The summed E-state index contributed by atoms with van der Waals surface area (Å²) >= 11 is 0. The van der Waals surface area contributed by atoms with E-state index in [4.69, 9.17) is 0 Å². The molecule has 0 heterocycles. The van der Waals surface area contributed by atoms with Crippen LogP contribution in [0.5, 0.6) is 0 Å². The lowest BCUT2D eigenvalue weighted by molar-refractivity contribution is 1.51. The van der Waals surface area contributed by atoms with E-state index >= 15 is 0 Å². The van der Waals surface area contributed by atoms with E-state index in [9.17, 15) is 0 Å². The highest BCUT2D eigenvalue weighted by Crippen LogP contribution is 2.45. The van der Waals surface area contributed by atoms with Gasteiger partial charge in [0.15, 0.2) is 0 Å². The summed E-state index contributed by atoms with van der Waals surface area (Å²) in [6, 6.07) is 55.7. The zero-order valence-electron chi connectivity index (χ0n) is 22.9. The molecule has 0 aliphatic heterocycles. The van der Waals surface area contributed by atoms with Crippen molar-refractivity contribution in [3.8, 4) is 33.4 Å². The van der Waals surface area contributed by atoms with Crippen molar-refractivity contribution in [2.45, 2.75) is 6.92 Å². The monoisotopic (exact) mass is 520 g/mol. The quantitative estimate of drug-likeness (QED) is 0.203. The molecule has 0 spiro atoms. The molecule has 0 fully saturated rings. The number of rotatable bonds is 3. The molecule has 0 amide bonds. The van der Waals surface area contributed by atoms with Crippen LogP contribution in [-0.4, -0.2) is 0 Å². The highest BCUT2D eigenvalue weighted by Gasteiger charge is 2.18. The van der Waals surface area contributed by atoms with Crippen LogP contribution in [0, 0.1) is 6.92 Å². The van der Waals surface area contributed by atoms with Gasteiger partial charge in [-0.3, -0.25) is 0 Å². The van der Waals surface area contributed by atoms with Crippen molar-refractivity contribution in [2.75, 3.05) is 0 Å². The first-order valence-corrected chi connectivity index (χ1v) is 14.3. The van der Waals surface area contributed by atoms with Crippen LogP contribution >= 0.6 is 0 Å². The van der Waals surface area contributed by atoms with E-state index in [2.05, 4.69) is 159 Å². The smallest absolute Gasteiger partial charge is 0.00201 e. The number of benzene rings is 8. The summed E-state index contributed by atoms with van der Waals surface area (Å²) in [7, 11) is 0. The Balaban J connectivity index is 1.38. The summed E-state index contributed by atoms with van der Waals surface area (Å²) in [5.41, 5.74) is 8.88. The third-order valence-electron chi connectivity index (χ3n) is 8.49. The zero-order valence-corrected chi connectivity index (χ0v) is 22.9. The topological polar surface area (TPSA) is 0 Å². The van der Waals surface area contributed by atoms with Crippen LogP contribution in [0.25, 0.3) is 76.5 Å². The van der Waals surface area contributed by atoms with E-state index in [1.807, 2.05) is 0 Å². The van der Waals surface area contributed by atoms with Gasteiger partial charge in [-0.1, -0.05) is 151 Å². The molecular weight excluding hydrogens is 492 g/mol. The molecule has 0 radical (unpaired) electrons. The molecule has 192 valence electrons. The Morgan fingerprint density at radius 3 is 1.71 bits per heavy atom. The predicted molar refractivity (Wildman–Crippen MR) is 178 cm³/mol. The lowest BCUT2D eigenvalue weighted by atomic mass is 9.84. The molecule has 0 atom stereocenters. The molecule has 0 aliphatic carbocycles. The van der Waals surface area contributed by atoms with Crippen LogP contribution in [-0.2, 0) is 0 Å². The van der Waals surface area contributed by atoms with Crippen molar-refractivity contribution in [2.24, 2.45) is 0 Å². The van der Waals surface area contributed by atoms with Gasteiger partial charge < -0.3 is 0 Å². The summed E-state index contributed by atoms with van der Waals surface area (Å²) < 4.78 is 0. The lowest BCUT2D eigenvalue weighted by Gasteiger charge is -2.19. The molecular formula is C41H28. The molecule has 0 nitrogen and oxygen atoms in total. The summed E-state index contributed by atoms with van der Waals surface area (Å²) in [6.45, 7) is 2.19. The van der Waals surface area contributed by atoms with E-state index in [0.717, 1.165) is 0 Å². The van der Waals surface area contributed by atoms with Gasteiger partial charge in [0.2, 0.25) is 0 Å². The largest absolute Gasteiger partial charge is 0.0616 e. The normalized spacial score (nSPS) is 11.5.